The first-order valence-corrected chi connectivity index (χ1v) is 6.52. The summed E-state index contributed by atoms with van der Waals surface area (Å²) < 4.78 is 151. The average molecular weight is 490 g/mol. The van der Waals surface area contributed by atoms with Crippen LogP contribution in [0.5, 0.6) is 0 Å². The Labute approximate surface area is 139 Å². The zero-order chi connectivity index (χ0) is 19.4. The van der Waals surface area contributed by atoms with Crippen molar-refractivity contribution in [2.24, 2.45) is 0 Å². The number of halogens is 13. The molecule has 1 rings (SSSR count). The van der Waals surface area contributed by atoms with E-state index in [0.29, 0.717) is 22.6 Å². The second-order valence-electron chi connectivity index (χ2n) is 4.42. The summed E-state index contributed by atoms with van der Waals surface area (Å²) in [5.41, 5.74) is -10.2. The molecule has 0 aliphatic rings. The molecule has 0 fully saturated rings. The van der Waals surface area contributed by atoms with E-state index in [1.807, 2.05) is 0 Å². The summed E-state index contributed by atoms with van der Waals surface area (Å²) in [4.78, 5) is 0. The predicted octanol–water partition coefficient (Wildman–Crippen LogP) is 6.23. The fourth-order valence-corrected chi connectivity index (χ4v) is 2.55. The van der Waals surface area contributed by atoms with Crippen molar-refractivity contribution in [2.45, 2.75) is 30.1 Å². The van der Waals surface area contributed by atoms with Crippen molar-refractivity contribution in [3.05, 3.63) is 32.9 Å². The molecule has 0 N–H and O–H groups in total. The average Bonchev–Trinajstić information content (AvgIpc) is 2.33. The van der Waals surface area contributed by atoms with Gasteiger partial charge in [0.1, 0.15) is 0 Å². The van der Waals surface area contributed by atoms with Crippen molar-refractivity contribution in [2.75, 3.05) is 0 Å². The van der Waals surface area contributed by atoms with Gasteiger partial charge >= 0.3 is 30.1 Å². The first-order chi connectivity index (χ1) is 10.4. The maximum Gasteiger partial charge on any atom is 0.457 e. The molecule has 0 amide bonds. The van der Waals surface area contributed by atoms with Crippen LogP contribution in [-0.2, 0) is 11.8 Å². The Bertz CT molecular complexity index is 611. The minimum absolute atomic E-state index is 0.164. The van der Waals surface area contributed by atoms with Gasteiger partial charge in [-0.2, -0.15) is 48.3 Å². The molecule has 0 spiro atoms. The standard InChI is InChI=1S/C11H3F12I/c12-7(10(18,19)20,9(16,17)11(21,22)23)5-2-1-4(3-6(5)24)8(13,14)15/h1-3H. The largest absolute Gasteiger partial charge is 0.457 e. The number of rotatable bonds is 2. The van der Waals surface area contributed by atoms with Gasteiger partial charge < -0.3 is 0 Å². The van der Waals surface area contributed by atoms with E-state index in [1.165, 1.54) is 0 Å². The second kappa shape index (κ2) is 5.83. The molecule has 24 heavy (non-hydrogen) atoms. The number of hydrogen-bond acceptors (Lipinski definition) is 0. The van der Waals surface area contributed by atoms with Crippen LogP contribution in [0.25, 0.3) is 0 Å². The minimum Gasteiger partial charge on any atom is -0.221 e. The van der Waals surface area contributed by atoms with Gasteiger partial charge in [-0.1, -0.05) is 6.07 Å². The van der Waals surface area contributed by atoms with E-state index in [0.717, 1.165) is 0 Å². The fourth-order valence-electron chi connectivity index (χ4n) is 1.67. The van der Waals surface area contributed by atoms with E-state index >= 15 is 0 Å². The maximum absolute atomic E-state index is 14.1. The Morgan fingerprint density at radius 1 is 0.667 bits per heavy atom. The van der Waals surface area contributed by atoms with Crippen molar-refractivity contribution < 1.29 is 52.7 Å². The molecular weight excluding hydrogens is 487 g/mol. The van der Waals surface area contributed by atoms with Gasteiger partial charge in [-0.3, -0.25) is 0 Å². The maximum atomic E-state index is 14.1. The van der Waals surface area contributed by atoms with Crippen molar-refractivity contribution in [1.29, 1.82) is 0 Å². The fraction of sp³-hybridized carbons (Fsp3) is 0.455. The number of benzene rings is 1. The van der Waals surface area contributed by atoms with E-state index in [2.05, 4.69) is 0 Å². The predicted molar refractivity (Wildman–Crippen MR) is 64.0 cm³/mol. The Morgan fingerprint density at radius 3 is 1.42 bits per heavy atom. The van der Waals surface area contributed by atoms with Crippen LogP contribution < -0.4 is 0 Å². The lowest BCUT2D eigenvalue weighted by Crippen LogP contribution is -2.60. The van der Waals surface area contributed by atoms with Crippen LogP contribution in [0.2, 0.25) is 0 Å². The molecule has 1 atom stereocenters. The molecule has 138 valence electrons. The number of hydrogen-bond donors (Lipinski definition) is 0. The molecular formula is C11H3F12I. The summed E-state index contributed by atoms with van der Waals surface area (Å²) in [7, 11) is 0. The Hall–Kier alpha value is -0.890. The third kappa shape index (κ3) is 3.27. The van der Waals surface area contributed by atoms with Gasteiger partial charge in [0, 0.05) is 9.13 Å². The summed E-state index contributed by atoms with van der Waals surface area (Å²) in [6.07, 6.45) is -18.8. The first-order valence-electron chi connectivity index (χ1n) is 5.44. The minimum atomic E-state index is -6.94. The van der Waals surface area contributed by atoms with Crippen molar-refractivity contribution >= 4 is 22.6 Å². The third-order valence-electron chi connectivity index (χ3n) is 2.85. The molecule has 1 unspecified atom stereocenters. The van der Waals surface area contributed by atoms with Crippen LogP contribution >= 0.6 is 22.6 Å². The van der Waals surface area contributed by atoms with Crippen LogP contribution in [0.3, 0.4) is 0 Å². The lowest BCUT2D eigenvalue weighted by Gasteiger charge is -2.36. The smallest absolute Gasteiger partial charge is 0.221 e. The molecule has 0 saturated heterocycles. The van der Waals surface area contributed by atoms with Crippen LogP contribution in [0, 0.1) is 3.57 Å². The molecule has 1 aromatic carbocycles. The topological polar surface area (TPSA) is 0 Å². The summed E-state index contributed by atoms with van der Waals surface area (Å²) in [5, 5.41) is 0. The molecule has 0 saturated carbocycles. The monoisotopic (exact) mass is 490 g/mol. The SMILES string of the molecule is FC(F)(F)c1ccc(C(F)(C(F)(F)F)C(F)(F)C(F)(F)F)c(I)c1. The molecule has 0 heterocycles. The summed E-state index contributed by atoms with van der Waals surface area (Å²) in [5.74, 6) is -6.93. The molecule has 1 aromatic rings. The molecule has 0 aliphatic carbocycles. The van der Waals surface area contributed by atoms with Crippen LogP contribution in [0.4, 0.5) is 52.7 Å². The van der Waals surface area contributed by atoms with Gasteiger partial charge in [0.15, 0.2) is 0 Å². The van der Waals surface area contributed by atoms with E-state index in [-0.39, 0.29) is 12.1 Å². The summed E-state index contributed by atoms with van der Waals surface area (Å²) in [6.45, 7) is 0. The first kappa shape index (κ1) is 21.2. The summed E-state index contributed by atoms with van der Waals surface area (Å²) >= 11 is 0.619. The number of alkyl halides is 12. The van der Waals surface area contributed by atoms with E-state index in [4.69, 9.17) is 0 Å². The van der Waals surface area contributed by atoms with Crippen LogP contribution in [0.15, 0.2) is 18.2 Å². The molecule has 0 nitrogen and oxygen atoms in total. The third-order valence-corrected chi connectivity index (χ3v) is 3.74. The van der Waals surface area contributed by atoms with Crippen molar-refractivity contribution in [3.8, 4) is 0 Å². The van der Waals surface area contributed by atoms with Gasteiger partial charge in [-0.15, -0.1) is 0 Å². The highest BCUT2D eigenvalue weighted by Crippen LogP contribution is 2.59. The van der Waals surface area contributed by atoms with Crippen LogP contribution in [0.1, 0.15) is 11.1 Å². The van der Waals surface area contributed by atoms with Gasteiger partial charge in [0.2, 0.25) is 0 Å². The van der Waals surface area contributed by atoms with Gasteiger partial charge in [-0.05, 0) is 34.7 Å². The molecule has 0 radical (unpaired) electrons. The van der Waals surface area contributed by atoms with E-state index in [9.17, 15) is 52.7 Å². The Balaban J connectivity index is 3.73. The lowest BCUT2D eigenvalue weighted by atomic mass is 9.87. The van der Waals surface area contributed by atoms with Crippen molar-refractivity contribution in [3.63, 3.8) is 0 Å². The zero-order valence-corrected chi connectivity index (χ0v) is 12.8. The zero-order valence-electron chi connectivity index (χ0n) is 10.6. The Kier molecular flexibility index (Phi) is 5.14. The van der Waals surface area contributed by atoms with Crippen molar-refractivity contribution in [1.82, 2.24) is 0 Å². The van der Waals surface area contributed by atoms with Gasteiger partial charge in [-0.25, -0.2) is 4.39 Å². The Morgan fingerprint density at radius 2 is 1.12 bits per heavy atom. The van der Waals surface area contributed by atoms with Gasteiger partial charge in [0.25, 0.3) is 0 Å². The highest BCUT2D eigenvalue weighted by molar-refractivity contribution is 14.1. The highest BCUT2D eigenvalue weighted by atomic mass is 127. The normalized spacial score (nSPS) is 16.9. The molecule has 0 aliphatic heterocycles. The molecule has 0 aromatic heterocycles. The van der Waals surface area contributed by atoms with Gasteiger partial charge in [0.05, 0.1) is 5.56 Å². The highest BCUT2D eigenvalue weighted by Gasteiger charge is 2.82. The molecule has 13 heteroatoms. The van der Waals surface area contributed by atoms with Crippen LogP contribution in [-0.4, -0.2) is 18.3 Å². The van der Waals surface area contributed by atoms with E-state index in [1.54, 1.807) is 0 Å². The lowest BCUT2D eigenvalue weighted by molar-refractivity contribution is -0.389. The second-order valence-corrected chi connectivity index (χ2v) is 5.58. The quantitative estimate of drug-likeness (QED) is 0.341. The molecule has 0 bridgehead atoms. The van der Waals surface area contributed by atoms with E-state index < -0.39 is 50.9 Å². The summed E-state index contributed by atoms with van der Waals surface area (Å²) in [6, 6.07) is -0.774.